The highest BCUT2D eigenvalue weighted by atomic mass is 32.1. The molecule has 3 rings (SSSR count). The van der Waals surface area contributed by atoms with Crippen LogP contribution in [0.3, 0.4) is 0 Å². The summed E-state index contributed by atoms with van der Waals surface area (Å²) in [6.45, 7) is 5.64. The number of nitrogens with zero attached hydrogens (tertiary/aromatic N) is 4. The van der Waals surface area contributed by atoms with E-state index in [0.717, 1.165) is 29.6 Å². The number of nitrogens with one attached hydrogen (secondary N) is 1. The third kappa shape index (κ3) is 5.79. The fourth-order valence-corrected chi connectivity index (χ4v) is 3.66. The van der Waals surface area contributed by atoms with Crippen LogP contribution in [0.25, 0.3) is 0 Å². The smallest absolute Gasteiger partial charge is 0.183 e. The lowest BCUT2D eigenvalue weighted by Crippen LogP contribution is -2.30. The highest BCUT2D eigenvalue weighted by molar-refractivity contribution is 7.15. The maximum Gasteiger partial charge on any atom is 0.183 e. The van der Waals surface area contributed by atoms with E-state index in [1.54, 1.807) is 18.3 Å². The van der Waals surface area contributed by atoms with Crippen molar-refractivity contribution in [1.29, 1.82) is 0 Å². The van der Waals surface area contributed by atoms with Gasteiger partial charge in [0.15, 0.2) is 10.9 Å². The molecule has 1 N–H and O–H groups in total. The van der Waals surface area contributed by atoms with Crippen LogP contribution < -0.4 is 5.32 Å². The molecule has 7 nitrogen and oxygen atoms in total. The normalized spacial score (nSPS) is 18.5. The van der Waals surface area contributed by atoms with Crippen LogP contribution in [0, 0.1) is 11.7 Å². The Bertz CT molecular complexity index is 724. The molecular formula is C17H22FN5O2S. The van der Waals surface area contributed by atoms with Crippen LogP contribution >= 0.6 is 11.3 Å². The van der Waals surface area contributed by atoms with Crippen LogP contribution in [-0.4, -0.2) is 58.5 Å². The Labute approximate surface area is 155 Å². The van der Waals surface area contributed by atoms with Gasteiger partial charge in [0.25, 0.3) is 0 Å². The van der Waals surface area contributed by atoms with Crippen LogP contribution in [0.15, 0.2) is 18.6 Å². The standard InChI is InChI=1S/C17H22FN5O2S/c1-12(24)5-21-17-22-8-15(26-17)10-23-2-3-25-11-13(9-23)4-16-19-6-14(18)7-20-16/h6-8,13H,2-5,9-11H2,1H3,(H,21,22). The van der Waals surface area contributed by atoms with Crippen LogP contribution in [-0.2, 0) is 22.5 Å². The fourth-order valence-electron chi connectivity index (χ4n) is 2.81. The summed E-state index contributed by atoms with van der Waals surface area (Å²) in [5, 5.41) is 3.79. The van der Waals surface area contributed by atoms with Gasteiger partial charge in [-0.25, -0.2) is 19.3 Å². The van der Waals surface area contributed by atoms with E-state index in [1.165, 1.54) is 12.4 Å². The molecular weight excluding hydrogens is 357 g/mol. The lowest BCUT2D eigenvalue weighted by molar-refractivity contribution is -0.115. The summed E-state index contributed by atoms with van der Waals surface area (Å²) in [5.41, 5.74) is 0. The topological polar surface area (TPSA) is 80.2 Å². The molecule has 26 heavy (non-hydrogen) atoms. The summed E-state index contributed by atoms with van der Waals surface area (Å²) in [5.74, 6) is 0.547. The summed E-state index contributed by atoms with van der Waals surface area (Å²) in [4.78, 5) is 26.9. The molecule has 3 heterocycles. The number of hydrogen-bond acceptors (Lipinski definition) is 8. The van der Waals surface area contributed by atoms with Crippen molar-refractivity contribution in [2.75, 3.05) is 38.2 Å². The number of ketones is 1. The average Bonchev–Trinajstić information content (AvgIpc) is 2.94. The highest BCUT2D eigenvalue weighted by Crippen LogP contribution is 2.21. The summed E-state index contributed by atoms with van der Waals surface area (Å²) in [6.07, 6.45) is 4.90. The minimum atomic E-state index is -0.424. The fraction of sp³-hybridized carbons (Fsp3) is 0.529. The quantitative estimate of drug-likeness (QED) is 0.785. The predicted octanol–water partition coefficient (Wildman–Crippen LogP) is 1.76. The lowest BCUT2D eigenvalue weighted by atomic mass is 10.1. The molecule has 0 aliphatic carbocycles. The monoisotopic (exact) mass is 379 g/mol. The Morgan fingerprint density at radius 3 is 2.96 bits per heavy atom. The van der Waals surface area contributed by atoms with Gasteiger partial charge < -0.3 is 10.1 Å². The van der Waals surface area contributed by atoms with E-state index < -0.39 is 5.82 Å². The molecule has 1 atom stereocenters. The van der Waals surface area contributed by atoms with E-state index >= 15 is 0 Å². The molecule has 0 aromatic carbocycles. The molecule has 0 spiro atoms. The van der Waals surface area contributed by atoms with Crippen molar-refractivity contribution in [1.82, 2.24) is 19.9 Å². The average molecular weight is 379 g/mol. The maximum atomic E-state index is 12.9. The van der Waals surface area contributed by atoms with Crippen molar-refractivity contribution in [3.8, 4) is 0 Å². The van der Waals surface area contributed by atoms with Gasteiger partial charge in [-0.15, -0.1) is 11.3 Å². The van der Waals surface area contributed by atoms with Crippen LogP contribution in [0.2, 0.25) is 0 Å². The SMILES string of the molecule is CC(=O)CNc1ncc(CN2CCOCC(Cc3ncc(F)cn3)C2)s1. The Kier molecular flexibility index (Phi) is 6.59. The third-order valence-electron chi connectivity index (χ3n) is 3.99. The van der Waals surface area contributed by atoms with Crippen molar-refractivity contribution >= 4 is 22.3 Å². The molecule has 0 bridgehead atoms. The molecule has 1 aliphatic heterocycles. The van der Waals surface area contributed by atoms with Crippen LogP contribution in [0.5, 0.6) is 0 Å². The first-order chi connectivity index (χ1) is 12.6. The Morgan fingerprint density at radius 2 is 2.19 bits per heavy atom. The van der Waals surface area contributed by atoms with Crippen molar-refractivity contribution in [3.63, 3.8) is 0 Å². The maximum absolute atomic E-state index is 12.9. The van der Waals surface area contributed by atoms with Crippen LogP contribution in [0.1, 0.15) is 17.6 Å². The van der Waals surface area contributed by atoms with Gasteiger partial charge in [0.2, 0.25) is 0 Å². The van der Waals surface area contributed by atoms with Gasteiger partial charge in [-0.3, -0.25) is 9.69 Å². The molecule has 1 unspecified atom stereocenters. The van der Waals surface area contributed by atoms with Crippen molar-refractivity contribution < 1.29 is 13.9 Å². The Balaban J connectivity index is 1.55. The second-order valence-corrected chi connectivity index (χ2v) is 7.50. The van der Waals surface area contributed by atoms with Gasteiger partial charge in [-0.1, -0.05) is 0 Å². The molecule has 140 valence electrons. The number of ether oxygens (including phenoxy) is 1. The van der Waals surface area contributed by atoms with E-state index in [-0.39, 0.29) is 11.7 Å². The zero-order valence-electron chi connectivity index (χ0n) is 14.7. The van der Waals surface area contributed by atoms with Crippen molar-refractivity contribution in [3.05, 3.63) is 35.1 Å². The van der Waals surface area contributed by atoms with Gasteiger partial charge in [0.1, 0.15) is 11.6 Å². The molecule has 2 aromatic rings. The van der Waals surface area contributed by atoms with E-state index in [0.29, 0.717) is 32.0 Å². The Hall–Kier alpha value is -1.97. The third-order valence-corrected chi connectivity index (χ3v) is 4.93. The molecule has 9 heteroatoms. The van der Waals surface area contributed by atoms with E-state index in [9.17, 15) is 9.18 Å². The second kappa shape index (κ2) is 9.11. The number of Topliss-reactive ketones (excluding diaryl/α,β-unsaturated/α-hetero) is 1. The number of aromatic nitrogens is 3. The summed E-state index contributed by atoms with van der Waals surface area (Å²) in [7, 11) is 0. The van der Waals surface area contributed by atoms with Gasteiger partial charge in [0.05, 0.1) is 32.2 Å². The van der Waals surface area contributed by atoms with Crippen molar-refractivity contribution in [2.24, 2.45) is 5.92 Å². The van der Waals surface area contributed by atoms with Gasteiger partial charge >= 0.3 is 0 Å². The number of carbonyl (C=O) groups is 1. The number of halogens is 1. The second-order valence-electron chi connectivity index (χ2n) is 6.38. The zero-order valence-corrected chi connectivity index (χ0v) is 15.5. The number of hydrogen-bond donors (Lipinski definition) is 1. The highest BCUT2D eigenvalue weighted by Gasteiger charge is 2.21. The molecule has 0 radical (unpaired) electrons. The molecule has 1 fully saturated rings. The Morgan fingerprint density at radius 1 is 1.38 bits per heavy atom. The van der Waals surface area contributed by atoms with Gasteiger partial charge in [-0.05, 0) is 6.92 Å². The largest absolute Gasteiger partial charge is 0.380 e. The summed E-state index contributed by atoms with van der Waals surface area (Å²) < 4.78 is 18.7. The minimum Gasteiger partial charge on any atom is -0.380 e. The molecule has 1 aliphatic rings. The zero-order chi connectivity index (χ0) is 18.4. The number of anilines is 1. The van der Waals surface area contributed by atoms with E-state index in [2.05, 4.69) is 25.2 Å². The van der Waals surface area contributed by atoms with E-state index in [4.69, 9.17) is 4.74 Å². The van der Waals surface area contributed by atoms with Gasteiger partial charge in [-0.2, -0.15) is 0 Å². The first-order valence-electron chi connectivity index (χ1n) is 8.53. The van der Waals surface area contributed by atoms with Crippen LogP contribution in [0.4, 0.5) is 9.52 Å². The first kappa shape index (κ1) is 18.8. The first-order valence-corrected chi connectivity index (χ1v) is 9.34. The van der Waals surface area contributed by atoms with Crippen molar-refractivity contribution in [2.45, 2.75) is 19.9 Å². The molecule has 2 aromatic heterocycles. The summed E-state index contributed by atoms with van der Waals surface area (Å²) >= 11 is 1.56. The molecule has 1 saturated heterocycles. The minimum absolute atomic E-state index is 0.0808. The number of carbonyl (C=O) groups excluding carboxylic acids is 1. The molecule has 0 saturated carbocycles. The van der Waals surface area contributed by atoms with E-state index in [1.807, 2.05) is 6.20 Å². The predicted molar refractivity (Wildman–Crippen MR) is 96.6 cm³/mol. The lowest BCUT2D eigenvalue weighted by Gasteiger charge is -2.22. The summed E-state index contributed by atoms with van der Waals surface area (Å²) in [6, 6.07) is 0. The number of thiazole rings is 1. The molecule has 0 amide bonds. The van der Waals surface area contributed by atoms with Gasteiger partial charge in [0, 0.05) is 43.0 Å². The number of rotatable bonds is 7.